The number of pyridine rings is 1. The highest BCUT2D eigenvalue weighted by Crippen LogP contribution is 2.25. The second kappa shape index (κ2) is 10.2. The number of carbonyl (C=O) groups excluding carboxylic acids is 1. The van der Waals surface area contributed by atoms with Crippen LogP contribution in [0.15, 0.2) is 24.3 Å². The van der Waals surface area contributed by atoms with Crippen molar-refractivity contribution in [1.29, 1.82) is 0 Å². The number of hydrogen-bond acceptors (Lipinski definition) is 5. The Labute approximate surface area is 198 Å². The minimum Gasteiger partial charge on any atom is -0.308 e. The fourth-order valence-electron chi connectivity index (χ4n) is 3.45. The van der Waals surface area contributed by atoms with Gasteiger partial charge in [-0.1, -0.05) is 56.0 Å². The number of carbonyl (C=O) groups is 1. The van der Waals surface area contributed by atoms with Crippen LogP contribution in [0, 0.1) is 6.92 Å². The van der Waals surface area contributed by atoms with Crippen LogP contribution in [-0.2, 0) is 23.0 Å². The second-order valence-corrected chi connectivity index (χ2v) is 10.3. The minimum atomic E-state index is -3.73. The molecule has 0 aliphatic carbocycles. The zero-order chi connectivity index (χ0) is 23.5. The van der Waals surface area contributed by atoms with Crippen LogP contribution in [-0.4, -0.2) is 34.6 Å². The van der Waals surface area contributed by atoms with Crippen LogP contribution >= 0.6 is 23.2 Å². The highest BCUT2D eigenvalue weighted by molar-refractivity contribution is 7.90. The Bertz CT molecular complexity index is 1260. The molecule has 172 valence electrons. The highest BCUT2D eigenvalue weighted by atomic mass is 35.5. The number of aryl methyl sites for hydroxylation is 2. The lowest BCUT2D eigenvalue weighted by molar-refractivity contribution is 0.0976. The summed E-state index contributed by atoms with van der Waals surface area (Å²) in [7, 11) is -3.73. The van der Waals surface area contributed by atoms with Gasteiger partial charge in [0.15, 0.2) is 5.65 Å². The van der Waals surface area contributed by atoms with Crippen molar-refractivity contribution in [3.05, 3.63) is 57.0 Å². The first-order chi connectivity index (χ1) is 15.1. The molecule has 1 aromatic carbocycles. The molecule has 0 spiro atoms. The summed E-state index contributed by atoms with van der Waals surface area (Å²) >= 11 is 12.4. The zero-order valence-corrected chi connectivity index (χ0v) is 20.6. The van der Waals surface area contributed by atoms with E-state index in [9.17, 15) is 13.2 Å². The van der Waals surface area contributed by atoms with E-state index < -0.39 is 15.9 Å². The van der Waals surface area contributed by atoms with Crippen molar-refractivity contribution in [2.75, 3.05) is 5.75 Å². The SMILES string of the molecule is CCCCCS(=O)(=O)NC(=O)c1cc(C)c2nc(CC)n(Cc3ccc(Cl)cc3Cl)c2n1. The quantitative estimate of drug-likeness (QED) is 0.424. The summed E-state index contributed by atoms with van der Waals surface area (Å²) in [5, 5.41) is 1.06. The largest absolute Gasteiger partial charge is 0.308 e. The Morgan fingerprint density at radius 2 is 1.88 bits per heavy atom. The van der Waals surface area contributed by atoms with E-state index in [1.807, 2.05) is 31.4 Å². The number of nitrogens with one attached hydrogen (secondary N) is 1. The molecule has 0 radical (unpaired) electrons. The predicted molar refractivity (Wildman–Crippen MR) is 128 cm³/mol. The second-order valence-electron chi connectivity index (χ2n) is 7.66. The molecule has 7 nitrogen and oxygen atoms in total. The first-order valence-electron chi connectivity index (χ1n) is 10.5. The van der Waals surface area contributed by atoms with Gasteiger partial charge in [0.1, 0.15) is 17.0 Å². The number of nitrogens with zero attached hydrogens (tertiary/aromatic N) is 3. The molecule has 0 unspecified atom stereocenters. The maximum absolute atomic E-state index is 12.7. The normalized spacial score (nSPS) is 11.8. The first kappa shape index (κ1) is 24.5. The Morgan fingerprint density at radius 1 is 1.12 bits per heavy atom. The van der Waals surface area contributed by atoms with Crippen LogP contribution < -0.4 is 4.72 Å². The van der Waals surface area contributed by atoms with Crippen molar-refractivity contribution >= 4 is 50.3 Å². The molecule has 2 aromatic heterocycles. The number of imidazole rings is 1. The third kappa shape index (κ3) is 5.60. The molecule has 32 heavy (non-hydrogen) atoms. The Morgan fingerprint density at radius 3 is 2.53 bits per heavy atom. The number of sulfonamides is 1. The zero-order valence-electron chi connectivity index (χ0n) is 18.3. The van der Waals surface area contributed by atoms with Gasteiger partial charge in [-0.05, 0) is 42.7 Å². The molecule has 0 fully saturated rings. The van der Waals surface area contributed by atoms with Crippen molar-refractivity contribution in [2.45, 2.75) is 53.0 Å². The fraction of sp³-hybridized carbons (Fsp3) is 0.409. The van der Waals surface area contributed by atoms with Gasteiger partial charge >= 0.3 is 0 Å². The molecular weight excluding hydrogens is 471 g/mol. The molecule has 1 N–H and O–H groups in total. The molecule has 0 bridgehead atoms. The molecule has 2 heterocycles. The number of unbranched alkanes of at least 4 members (excludes halogenated alkanes) is 2. The van der Waals surface area contributed by atoms with Gasteiger partial charge < -0.3 is 4.57 Å². The van der Waals surface area contributed by atoms with Gasteiger partial charge in [-0.15, -0.1) is 0 Å². The van der Waals surface area contributed by atoms with Gasteiger partial charge in [0.25, 0.3) is 5.91 Å². The molecule has 3 rings (SSSR count). The molecule has 0 atom stereocenters. The van der Waals surface area contributed by atoms with Gasteiger partial charge in [-0.25, -0.2) is 23.1 Å². The summed E-state index contributed by atoms with van der Waals surface area (Å²) in [6.45, 7) is 6.18. The van der Waals surface area contributed by atoms with Crippen LogP contribution in [0.3, 0.4) is 0 Å². The molecule has 0 saturated heterocycles. The summed E-state index contributed by atoms with van der Waals surface area (Å²) in [5.74, 6) is -0.0611. The molecule has 0 aliphatic rings. The summed E-state index contributed by atoms with van der Waals surface area (Å²) in [6.07, 6.45) is 2.82. The van der Waals surface area contributed by atoms with Crippen molar-refractivity contribution in [1.82, 2.24) is 19.3 Å². The predicted octanol–water partition coefficient (Wildman–Crippen LogP) is 4.91. The monoisotopic (exact) mass is 496 g/mol. The average Bonchev–Trinajstić information content (AvgIpc) is 3.08. The third-order valence-corrected chi connectivity index (χ3v) is 7.04. The Balaban J connectivity index is 1.98. The molecule has 0 aliphatic heterocycles. The van der Waals surface area contributed by atoms with Crippen LogP contribution in [0.4, 0.5) is 0 Å². The Kier molecular flexibility index (Phi) is 7.79. The average molecular weight is 497 g/mol. The maximum atomic E-state index is 12.7. The van der Waals surface area contributed by atoms with E-state index in [0.29, 0.717) is 40.6 Å². The van der Waals surface area contributed by atoms with Crippen molar-refractivity contribution in [3.63, 3.8) is 0 Å². The lowest BCUT2D eigenvalue weighted by atomic mass is 10.2. The van der Waals surface area contributed by atoms with E-state index in [-0.39, 0.29) is 11.4 Å². The smallest absolute Gasteiger partial charge is 0.283 e. The topological polar surface area (TPSA) is 94.0 Å². The maximum Gasteiger partial charge on any atom is 0.283 e. The van der Waals surface area contributed by atoms with Crippen molar-refractivity contribution < 1.29 is 13.2 Å². The van der Waals surface area contributed by atoms with E-state index >= 15 is 0 Å². The van der Waals surface area contributed by atoms with Gasteiger partial charge in [0.05, 0.1) is 12.3 Å². The number of hydrogen-bond donors (Lipinski definition) is 1. The Hall–Kier alpha value is -2.16. The minimum absolute atomic E-state index is 0.0278. The fourth-order valence-corrected chi connectivity index (χ4v) is 4.99. The third-order valence-electron chi connectivity index (χ3n) is 5.13. The summed E-state index contributed by atoms with van der Waals surface area (Å²) in [6, 6.07) is 6.83. The lowest BCUT2D eigenvalue weighted by Crippen LogP contribution is -2.33. The van der Waals surface area contributed by atoms with E-state index in [2.05, 4.69) is 14.7 Å². The van der Waals surface area contributed by atoms with Gasteiger partial charge in [-0.3, -0.25) is 4.79 Å². The molecule has 3 aromatic rings. The van der Waals surface area contributed by atoms with Crippen LogP contribution in [0.1, 0.15) is 60.5 Å². The van der Waals surface area contributed by atoms with Crippen LogP contribution in [0.5, 0.6) is 0 Å². The molecular formula is C22H26Cl2N4O3S. The highest BCUT2D eigenvalue weighted by Gasteiger charge is 2.21. The van der Waals surface area contributed by atoms with Gasteiger partial charge in [0, 0.05) is 16.5 Å². The van der Waals surface area contributed by atoms with E-state index in [1.54, 1.807) is 18.2 Å². The van der Waals surface area contributed by atoms with E-state index in [1.165, 1.54) is 0 Å². The van der Waals surface area contributed by atoms with Crippen LogP contribution in [0.25, 0.3) is 11.2 Å². The van der Waals surface area contributed by atoms with Crippen molar-refractivity contribution in [2.24, 2.45) is 0 Å². The molecule has 1 amide bonds. The van der Waals surface area contributed by atoms with E-state index in [4.69, 9.17) is 23.2 Å². The van der Waals surface area contributed by atoms with E-state index in [0.717, 1.165) is 29.8 Å². The number of rotatable bonds is 9. The number of amides is 1. The van der Waals surface area contributed by atoms with Crippen LogP contribution in [0.2, 0.25) is 10.0 Å². The number of halogens is 2. The standard InChI is InChI=1S/C22H26Cl2N4O3S/c1-4-6-7-10-32(30,31)27-22(29)18-11-14(3)20-21(25-18)28(19(5-2)26-20)13-15-8-9-16(23)12-17(15)24/h8-9,11-12H,4-7,10,13H2,1-3H3,(H,27,29). The summed E-state index contributed by atoms with van der Waals surface area (Å²) in [5.41, 5.74) is 2.76. The van der Waals surface area contributed by atoms with Gasteiger partial charge in [0.2, 0.25) is 10.0 Å². The molecule has 0 saturated carbocycles. The lowest BCUT2D eigenvalue weighted by Gasteiger charge is -2.11. The number of benzene rings is 1. The summed E-state index contributed by atoms with van der Waals surface area (Å²) < 4.78 is 28.5. The van der Waals surface area contributed by atoms with Gasteiger partial charge in [-0.2, -0.15) is 0 Å². The number of aromatic nitrogens is 3. The summed E-state index contributed by atoms with van der Waals surface area (Å²) in [4.78, 5) is 21.9. The molecule has 10 heteroatoms. The van der Waals surface area contributed by atoms with Crippen molar-refractivity contribution in [3.8, 4) is 0 Å². The number of fused-ring (bicyclic) bond motifs is 1. The first-order valence-corrected chi connectivity index (χ1v) is 12.9.